The van der Waals surface area contributed by atoms with Gasteiger partial charge in [0.25, 0.3) is 11.5 Å². The lowest BCUT2D eigenvalue weighted by molar-refractivity contribution is 0.0950. The van der Waals surface area contributed by atoms with Gasteiger partial charge in [-0.15, -0.1) is 0 Å². The number of aromatic nitrogens is 1. The standard InChI is InChI=1S/C19H23N3O2/c1-21-10-7-17(12-18(21)23)19(24)20-13-15-5-4-6-16(11-15)14-22-8-2-3-9-22/h4-7,10-12H,2-3,8-9,13-14H2,1H3,(H,20,24). The van der Waals surface area contributed by atoms with Gasteiger partial charge in [0.1, 0.15) is 0 Å². The molecule has 0 atom stereocenters. The summed E-state index contributed by atoms with van der Waals surface area (Å²) in [4.78, 5) is 26.2. The SMILES string of the molecule is Cn1ccc(C(=O)NCc2cccc(CN3CCCC3)c2)cc1=O. The first-order valence-electron chi connectivity index (χ1n) is 8.37. The van der Waals surface area contributed by atoms with Gasteiger partial charge in [0.2, 0.25) is 0 Å². The van der Waals surface area contributed by atoms with E-state index < -0.39 is 0 Å². The van der Waals surface area contributed by atoms with Gasteiger partial charge in [-0.25, -0.2) is 0 Å². The number of nitrogens with one attached hydrogen (secondary N) is 1. The molecule has 126 valence electrons. The Bertz CT molecular complexity index is 776. The number of benzene rings is 1. The second kappa shape index (κ2) is 7.45. The van der Waals surface area contributed by atoms with E-state index >= 15 is 0 Å². The molecule has 1 saturated heterocycles. The van der Waals surface area contributed by atoms with Crippen LogP contribution in [-0.2, 0) is 20.1 Å². The zero-order valence-electron chi connectivity index (χ0n) is 14.0. The van der Waals surface area contributed by atoms with Crippen molar-refractivity contribution in [3.05, 3.63) is 69.6 Å². The van der Waals surface area contributed by atoms with Crippen molar-refractivity contribution in [1.29, 1.82) is 0 Å². The highest BCUT2D eigenvalue weighted by molar-refractivity contribution is 5.93. The molecule has 0 spiro atoms. The van der Waals surface area contributed by atoms with Crippen molar-refractivity contribution in [3.63, 3.8) is 0 Å². The van der Waals surface area contributed by atoms with E-state index in [1.165, 1.54) is 42.1 Å². The average molecular weight is 325 g/mol. The normalized spacial score (nSPS) is 14.7. The lowest BCUT2D eigenvalue weighted by Gasteiger charge is -2.15. The number of nitrogens with zero attached hydrogens (tertiary/aromatic N) is 2. The Balaban J connectivity index is 1.60. The van der Waals surface area contributed by atoms with Gasteiger partial charge >= 0.3 is 0 Å². The summed E-state index contributed by atoms with van der Waals surface area (Å²) in [5.74, 6) is -0.224. The Kier molecular flexibility index (Phi) is 5.11. The Morgan fingerprint density at radius 2 is 1.88 bits per heavy atom. The molecule has 1 aromatic heterocycles. The first-order chi connectivity index (χ1) is 11.6. The summed E-state index contributed by atoms with van der Waals surface area (Å²) in [6.45, 7) is 3.77. The average Bonchev–Trinajstić information content (AvgIpc) is 3.08. The number of hydrogen-bond acceptors (Lipinski definition) is 3. The lowest BCUT2D eigenvalue weighted by atomic mass is 10.1. The Morgan fingerprint density at radius 3 is 2.62 bits per heavy atom. The van der Waals surface area contributed by atoms with Crippen LogP contribution in [0.3, 0.4) is 0 Å². The zero-order chi connectivity index (χ0) is 16.9. The minimum absolute atomic E-state index is 0.185. The number of aryl methyl sites for hydroxylation is 1. The maximum absolute atomic E-state index is 12.2. The minimum Gasteiger partial charge on any atom is -0.348 e. The van der Waals surface area contributed by atoms with Crippen molar-refractivity contribution in [2.24, 2.45) is 7.05 Å². The second-order valence-corrected chi connectivity index (χ2v) is 6.35. The molecule has 24 heavy (non-hydrogen) atoms. The van der Waals surface area contributed by atoms with E-state index in [1.54, 1.807) is 19.3 Å². The largest absolute Gasteiger partial charge is 0.348 e. The van der Waals surface area contributed by atoms with E-state index in [4.69, 9.17) is 0 Å². The van der Waals surface area contributed by atoms with Crippen LogP contribution in [-0.4, -0.2) is 28.5 Å². The number of hydrogen-bond donors (Lipinski definition) is 1. The first kappa shape index (κ1) is 16.5. The van der Waals surface area contributed by atoms with Crippen molar-refractivity contribution in [2.45, 2.75) is 25.9 Å². The van der Waals surface area contributed by atoms with Gasteiger partial charge in [-0.3, -0.25) is 14.5 Å². The smallest absolute Gasteiger partial charge is 0.251 e. The van der Waals surface area contributed by atoms with Crippen molar-refractivity contribution in [2.75, 3.05) is 13.1 Å². The summed E-state index contributed by atoms with van der Waals surface area (Å²) in [5, 5.41) is 2.88. The summed E-state index contributed by atoms with van der Waals surface area (Å²) in [5.41, 5.74) is 2.56. The third-order valence-electron chi connectivity index (χ3n) is 4.42. The van der Waals surface area contributed by atoms with Crippen LogP contribution in [0.2, 0.25) is 0 Å². The molecule has 2 aromatic rings. The van der Waals surface area contributed by atoms with E-state index in [2.05, 4.69) is 22.3 Å². The van der Waals surface area contributed by atoms with Crippen LogP contribution in [0.4, 0.5) is 0 Å². The van der Waals surface area contributed by atoms with Gasteiger partial charge in [0.05, 0.1) is 0 Å². The van der Waals surface area contributed by atoms with Crippen molar-refractivity contribution in [3.8, 4) is 0 Å². The summed E-state index contributed by atoms with van der Waals surface area (Å²) >= 11 is 0. The van der Waals surface area contributed by atoms with Crippen molar-refractivity contribution < 1.29 is 4.79 Å². The molecule has 1 amide bonds. The quantitative estimate of drug-likeness (QED) is 0.914. The molecule has 3 rings (SSSR count). The molecule has 0 aliphatic carbocycles. The Morgan fingerprint density at radius 1 is 1.12 bits per heavy atom. The Labute approximate surface area is 141 Å². The molecule has 1 aromatic carbocycles. The predicted molar refractivity (Wildman–Crippen MR) is 93.8 cm³/mol. The van der Waals surface area contributed by atoms with Crippen LogP contribution < -0.4 is 10.9 Å². The van der Waals surface area contributed by atoms with Crippen LogP contribution >= 0.6 is 0 Å². The van der Waals surface area contributed by atoms with Gasteiger partial charge in [0.15, 0.2) is 0 Å². The number of carbonyl (C=O) groups is 1. The molecule has 1 aliphatic rings. The molecule has 0 saturated carbocycles. The predicted octanol–water partition coefficient (Wildman–Crippen LogP) is 1.91. The summed E-state index contributed by atoms with van der Waals surface area (Å²) in [6.07, 6.45) is 4.17. The van der Waals surface area contributed by atoms with Gasteiger partial charge < -0.3 is 9.88 Å². The van der Waals surface area contributed by atoms with Gasteiger partial charge in [-0.2, -0.15) is 0 Å². The number of likely N-dealkylation sites (tertiary alicyclic amines) is 1. The van der Waals surface area contributed by atoms with Crippen molar-refractivity contribution in [1.82, 2.24) is 14.8 Å². The molecule has 0 unspecified atom stereocenters. The van der Waals surface area contributed by atoms with Gasteiger partial charge in [-0.05, 0) is 43.1 Å². The fourth-order valence-corrected chi connectivity index (χ4v) is 3.01. The first-order valence-corrected chi connectivity index (χ1v) is 8.37. The Hall–Kier alpha value is -2.40. The van der Waals surface area contributed by atoms with Crippen LogP contribution in [0.5, 0.6) is 0 Å². The third-order valence-corrected chi connectivity index (χ3v) is 4.42. The van der Waals surface area contributed by atoms with E-state index in [9.17, 15) is 9.59 Å². The highest BCUT2D eigenvalue weighted by Crippen LogP contribution is 2.14. The molecule has 2 heterocycles. The molecule has 0 bridgehead atoms. The van der Waals surface area contributed by atoms with Crippen LogP contribution in [0.15, 0.2) is 47.4 Å². The number of carbonyl (C=O) groups excluding carboxylic acids is 1. The molecule has 1 N–H and O–H groups in total. The highest BCUT2D eigenvalue weighted by Gasteiger charge is 2.12. The van der Waals surface area contributed by atoms with Gasteiger partial charge in [-0.1, -0.05) is 24.3 Å². The molecule has 1 fully saturated rings. The minimum atomic E-state index is -0.224. The number of pyridine rings is 1. The maximum Gasteiger partial charge on any atom is 0.251 e. The fourth-order valence-electron chi connectivity index (χ4n) is 3.01. The molecular formula is C19H23N3O2. The monoisotopic (exact) mass is 325 g/mol. The van der Waals surface area contributed by atoms with E-state index in [0.29, 0.717) is 12.1 Å². The maximum atomic E-state index is 12.2. The second-order valence-electron chi connectivity index (χ2n) is 6.35. The van der Waals surface area contributed by atoms with Crippen molar-refractivity contribution >= 4 is 5.91 Å². The topological polar surface area (TPSA) is 54.3 Å². The summed E-state index contributed by atoms with van der Waals surface area (Å²) in [7, 11) is 1.66. The van der Waals surface area contributed by atoms with Crippen LogP contribution in [0.25, 0.3) is 0 Å². The third kappa shape index (κ3) is 4.11. The van der Waals surface area contributed by atoms with E-state index in [-0.39, 0.29) is 11.5 Å². The fraction of sp³-hybridized carbons (Fsp3) is 0.368. The molecule has 5 nitrogen and oxygen atoms in total. The summed E-state index contributed by atoms with van der Waals surface area (Å²) in [6, 6.07) is 11.3. The number of rotatable bonds is 5. The molecule has 5 heteroatoms. The lowest BCUT2D eigenvalue weighted by Crippen LogP contribution is -2.25. The summed E-state index contributed by atoms with van der Waals surface area (Å²) < 4.78 is 1.44. The molecule has 0 radical (unpaired) electrons. The molecule has 1 aliphatic heterocycles. The highest BCUT2D eigenvalue weighted by atomic mass is 16.2. The van der Waals surface area contributed by atoms with E-state index in [1.807, 2.05) is 12.1 Å². The zero-order valence-corrected chi connectivity index (χ0v) is 14.0. The van der Waals surface area contributed by atoms with Crippen LogP contribution in [0.1, 0.15) is 34.3 Å². The van der Waals surface area contributed by atoms with Crippen LogP contribution in [0, 0.1) is 0 Å². The van der Waals surface area contributed by atoms with E-state index in [0.717, 1.165) is 12.1 Å². The molecular weight excluding hydrogens is 302 g/mol. The number of amides is 1. The van der Waals surface area contributed by atoms with Gasteiger partial charge in [0, 0.05) is 38.0 Å².